The van der Waals surface area contributed by atoms with Crippen molar-refractivity contribution in [3.05, 3.63) is 38.7 Å². The summed E-state index contributed by atoms with van der Waals surface area (Å²) in [5.74, 6) is 1.03. The number of aromatic nitrogens is 2. The van der Waals surface area contributed by atoms with E-state index in [1.54, 1.807) is 0 Å². The van der Waals surface area contributed by atoms with Crippen LogP contribution in [-0.2, 0) is 13.6 Å². The molecule has 0 amide bonds. The molecule has 0 unspecified atom stereocenters. The van der Waals surface area contributed by atoms with Gasteiger partial charge in [-0.2, -0.15) is 0 Å². The SMILES string of the molecule is CNCc1nc(-c2c(C)c(C)cc(C)c2C)c(Br)n1C. The van der Waals surface area contributed by atoms with Crippen molar-refractivity contribution in [1.82, 2.24) is 14.9 Å². The van der Waals surface area contributed by atoms with Gasteiger partial charge in [0.05, 0.1) is 6.54 Å². The molecule has 0 aliphatic rings. The smallest absolute Gasteiger partial charge is 0.124 e. The van der Waals surface area contributed by atoms with E-state index < -0.39 is 0 Å². The molecule has 0 radical (unpaired) electrons. The van der Waals surface area contributed by atoms with Crippen molar-refractivity contribution in [2.24, 2.45) is 7.05 Å². The second-order valence-electron chi connectivity index (χ2n) is 5.39. The highest BCUT2D eigenvalue weighted by molar-refractivity contribution is 9.10. The molecule has 0 aliphatic carbocycles. The van der Waals surface area contributed by atoms with Crippen LogP contribution in [0.25, 0.3) is 11.3 Å². The third-order valence-electron chi connectivity index (χ3n) is 4.06. The zero-order valence-electron chi connectivity index (χ0n) is 13.1. The molecule has 0 atom stereocenters. The van der Waals surface area contributed by atoms with E-state index in [0.717, 1.165) is 22.7 Å². The van der Waals surface area contributed by atoms with Crippen LogP contribution in [0.1, 0.15) is 28.1 Å². The molecule has 108 valence electrons. The maximum atomic E-state index is 4.83. The molecule has 4 heteroatoms. The number of imidazole rings is 1. The van der Waals surface area contributed by atoms with Crippen molar-refractivity contribution >= 4 is 15.9 Å². The normalized spacial score (nSPS) is 11.2. The average molecular weight is 336 g/mol. The monoisotopic (exact) mass is 335 g/mol. The Kier molecular flexibility index (Phi) is 4.35. The summed E-state index contributed by atoms with van der Waals surface area (Å²) >= 11 is 3.70. The quantitative estimate of drug-likeness (QED) is 0.924. The molecule has 20 heavy (non-hydrogen) atoms. The van der Waals surface area contributed by atoms with E-state index in [1.165, 1.54) is 27.8 Å². The number of hydrogen-bond donors (Lipinski definition) is 1. The lowest BCUT2D eigenvalue weighted by Gasteiger charge is -2.14. The molecule has 1 aromatic carbocycles. The summed E-state index contributed by atoms with van der Waals surface area (Å²) < 4.78 is 3.14. The Hall–Kier alpha value is -1.13. The molecule has 0 saturated heterocycles. The zero-order valence-corrected chi connectivity index (χ0v) is 14.6. The highest BCUT2D eigenvalue weighted by atomic mass is 79.9. The third-order valence-corrected chi connectivity index (χ3v) is 4.96. The van der Waals surface area contributed by atoms with Crippen molar-refractivity contribution in [1.29, 1.82) is 0 Å². The Labute approximate surface area is 129 Å². The van der Waals surface area contributed by atoms with Crippen LogP contribution in [0.4, 0.5) is 0 Å². The van der Waals surface area contributed by atoms with Gasteiger partial charge in [-0.15, -0.1) is 0 Å². The fourth-order valence-corrected chi connectivity index (χ4v) is 3.06. The predicted molar refractivity (Wildman–Crippen MR) is 88.1 cm³/mol. The van der Waals surface area contributed by atoms with Gasteiger partial charge >= 0.3 is 0 Å². The van der Waals surface area contributed by atoms with Crippen LogP contribution in [0.3, 0.4) is 0 Å². The summed E-state index contributed by atoms with van der Waals surface area (Å²) in [7, 11) is 3.98. The molecule has 2 aromatic rings. The van der Waals surface area contributed by atoms with E-state index in [2.05, 4.69) is 59.6 Å². The lowest BCUT2D eigenvalue weighted by atomic mass is 9.93. The van der Waals surface area contributed by atoms with E-state index in [0.29, 0.717) is 0 Å². The molecule has 0 saturated carbocycles. The second-order valence-corrected chi connectivity index (χ2v) is 6.14. The summed E-state index contributed by atoms with van der Waals surface area (Å²) in [5.41, 5.74) is 7.55. The van der Waals surface area contributed by atoms with Crippen molar-refractivity contribution < 1.29 is 0 Å². The highest BCUT2D eigenvalue weighted by Crippen LogP contribution is 2.35. The number of benzene rings is 1. The second kappa shape index (κ2) is 5.70. The third kappa shape index (κ3) is 2.42. The molecule has 1 heterocycles. The van der Waals surface area contributed by atoms with E-state index in [4.69, 9.17) is 4.98 Å². The Morgan fingerprint density at radius 2 is 1.70 bits per heavy atom. The van der Waals surface area contributed by atoms with Gasteiger partial charge in [0.15, 0.2) is 0 Å². The van der Waals surface area contributed by atoms with Crippen molar-refractivity contribution in [2.45, 2.75) is 34.2 Å². The Bertz CT molecular complexity index is 630. The topological polar surface area (TPSA) is 29.9 Å². The van der Waals surface area contributed by atoms with E-state index in [9.17, 15) is 0 Å². The first kappa shape index (κ1) is 15.3. The summed E-state index contributed by atoms with van der Waals surface area (Å²) in [6.45, 7) is 9.44. The first-order valence-corrected chi connectivity index (χ1v) is 7.61. The highest BCUT2D eigenvalue weighted by Gasteiger charge is 2.19. The first-order valence-electron chi connectivity index (χ1n) is 6.82. The summed E-state index contributed by atoms with van der Waals surface area (Å²) in [4.78, 5) is 4.83. The van der Waals surface area contributed by atoms with Crippen molar-refractivity contribution in [3.63, 3.8) is 0 Å². The molecular formula is C16H22BrN3. The molecule has 0 fully saturated rings. The lowest BCUT2D eigenvalue weighted by Crippen LogP contribution is -2.10. The van der Waals surface area contributed by atoms with Crippen LogP contribution in [0, 0.1) is 27.7 Å². The minimum Gasteiger partial charge on any atom is -0.324 e. The van der Waals surface area contributed by atoms with Crippen LogP contribution in [0.5, 0.6) is 0 Å². The van der Waals surface area contributed by atoms with E-state index >= 15 is 0 Å². The summed E-state index contributed by atoms with van der Waals surface area (Å²) in [6.07, 6.45) is 0. The average Bonchev–Trinajstić information content (AvgIpc) is 2.66. The van der Waals surface area contributed by atoms with E-state index in [-0.39, 0.29) is 0 Å². The van der Waals surface area contributed by atoms with Gasteiger partial charge in [0, 0.05) is 12.6 Å². The first-order chi connectivity index (χ1) is 9.38. The van der Waals surface area contributed by atoms with Gasteiger partial charge in [-0.25, -0.2) is 4.98 Å². The van der Waals surface area contributed by atoms with Gasteiger partial charge in [-0.1, -0.05) is 6.07 Å². The minimum absolute atomic E-state index is 0.762. The predicted octanol–water partition coefficient (Wildman–Crippen LogP) is 3.80. The fraction of sp³-hybridized carbons (Fsp3) is 0.438. The van der Waals surface area contributed by atoms with Gasteiger partial charge in [0.25, 0.3) is 0 Å². The number of halogens is 1. The number of rotatable bonds is 3. The molecule has 3 nitrogen and oxygen atoms in total. The Morgan fingerprint density at radius 1 is 1.15 bits per heavy atom. The number of nitrogens with zero attached hydrogens (tertiary/aromatic N) is 2. The van der Waals surface area contributed by atoms with Gasteiger partial charge in [-0.05, 0) is 72.9 Å². The standard InChI is InChI=1S/C16H22BrN3/c1-9-7-10(2)12(4)14(11(9)3)15-16(17)20(6)13(19-15)8-18-5/h7,18H,8H2,1-6H3. The molecule has 2 rings (SSSR count). The molecule has 1 aromatic heterocycles. The molecular weight excluding hydrogens is 314 g/mol. The number of hydrogen-bond acceptors (Lipinski definition) is 2. The number of aryl methyl sites for hydroxylation is 2. The Balaban J connectivity index is 2.72. The number of nitrogens with one attached hydrogen (secondary N) is 1. The van der Waals surface area contributed by atoms with Crippen LogP contribution in [0.2, 0.25) is 0 Å². The molecule has 0 bridgehead atoms. The molecule has 1 N–H and O–H groups in total. The van der Waals surface area contributed by atoms with Gasteiger partial charge < -0.3 is 9.88 Å². The Morgan fingerprint density at radius 3 is 2.20 bits per heavy atom. The molecule has 0 aliphatic heterocycles. The zero-order chi connectivity index (χ0) is 15.0. The maximum Gasteiger partial charge on any atom is 0.124 e. The lowest BCUT2D eigenvalue weighted by molar-refractivity contribution is 0.704. The van der Waals surface area contributed by atoms with Gasteiger partial charge in [0.1, 0.15) is 16.1 Å². The van der Waals surface area contributed by atoms with Crippen LogP contribution in [-0.4, -0.2) is 16.6 Å². The summed E-state index contributed by atoms with van der Waals surface area (Å²) in [6, 6.07) is 2.25. The fourth-order valence-electron chi connectivity index (χ4n) is 2.57. The maximum absolute atomic E-state index is 4.83. The van der Waals surface area contributed by atoms with E-state index in [1.807, 2.05) is 14.1 Å². The van der Waals surface area contributed by atoms with Crippen LogP contribution < -0.4 is 5.32 Å². The van der Waals surface area contributed by atoms with Crippen molar-refractivity contribution in [2.75, 3.05) is 7.05 Å². The molecule has 0 spiro atoms. The largest absolute Gasteiger partial charge is 0.324 e. The van der Waals surface area contributed by atoms with Crippen LogP contribution >= 0.6 is 15.9 Å². The van der Waals surface area contributed by atoms with Gasteiger partial charge in [-0.3, -0.25) is 0 Å². The van der Waals surface area contributed by atoms with Crippen LogP contribution in [0.15, 0.2) is 10.7 Å². The minimum atomic E-state index is 0.762. The summed E-state index contributed by atoms with van der Waals surface area (Å²) in [5, 5.41) is 3.16. The van der Waals surface area contributed by atoms with Gasteiger partial charge in [0.2, 0.25) is 0 Å². The van der Waals surface area contributed by atoms with Crippen molar-refractivity contribution in [3.8, 4) is 11.3 Å².